The van der Waals surface area contributed by atoms with Crippen LogP contribution in [-0.2, 0) is 4.79 Å². The zero-order valence-corrected chi connectivity index (χ0v) is 15.1. The molecular weight excluding hydrogens is 318 g/mol. The van der Waals surface area contributed by atoms with Gasteiger partial charge in [-0.3, -0.25) is 4.79 Å². The second-order valence-corrected chi connectivity index (χ2v) is 8.29. The molecule has 1 amide bonds. The van der Waals surface area contributed by atoms with Crippen molar-refractivity contribution in [2.24, 2.45) is 11.8 Å². The molecule has 0 saturated carbocycles. The van der Waals surface area contributed by atoms with E-state index in [0.29, 0.717) is 11.8 Å². The first-order valence-corrected chi connectivity index (χ1v) is 9.91. The Hall–Kier alpha value is -1.62. The number of thiazole rings is 1. The van der Waals surface area contributed by atoms with Gasteiger partial charge in [0.15, 0.2) is 5.13 Å². The van der Waals surface area contributed by atoms with Crippen molar-refractivity contribution in [2.45, 2.75) is 32.6 Å². The predicted molar refractivity (Wildman–Crippen MR) is 99.5 cm³/mol. The van der Waals surface area contributed by atoms with E-state index < -0.39 is 0 Å². The Labute approximate surface area is 147 Å². The van der Waals surface area contributed by atoms with Crippen molar-refractivity contribution in [2.75, 3.05) is 31.1 Å². The van der Waals surface area contributed by atoms with Crippen LogP contribution in [0.1, 0.15) is 32.6 Å². The number of nitrogens with zero attached hydrogens (tertiary/aromatic N) is 3. The number of aromatic nitrogens is 1. The normalized spacial score (nSPS) is 25.2. The third-order valence-corrected chi connectivity index (χ3v) is 6.39. The first-order chi connectivity index (χ1) is 11.7. The number of carbonyl (C=O) groups excluding carboxylic acids is 1. The van der Waals surface area contributed by atoms with Gasteiger partial charge in [0.1, 0.15) is 0 Å². The molecule has 5 heteroatoms. The second-order valence-electron chi connectivity index (χ2n) is 7.28. The lowest BCUT2D eigenvalue weighted by Gasteiger charge is -2.37. The Morgan fingerprint density at radius 1 is 1.17 bits per heavy atom. The highest BCUT2D eigenvalue weighted by atomic mass is 32.1. The number of hydrogen-bond donors (Lipinski definition) is 0. The third-order valence-electron chi connectivity index (χ3n) is 5.29. The quantitative estimate of drug-likeness (QED) is 0.833. The first kappa shape index (κ1) is 15.9. The Morgan fingerprint density at radius 3 is 2.83 bits per heavy atom. The molecule has 0 radical (unpaired) electrons. The number of anilines is 1. The Balaban J connectivity index is 1.47. The fourth-order valence-electron chi connectivity index (χ4n) is 4.00. The molecule has 1 aromatic carbocycles. The monoisotopic (exact) mass is 343 g/mol. The van der Waals surface area contributed by atoms with E-state index in [1.165, 1.54) is 11.1 Å². The summed E-state index contributed by atoms with van der Waals surface area (Å²) in [5.41, 5.74) is 1.07. The van der Waals surface area contributed by atoms with Crippen LogP contribution in [0.15, 0.2) is 24.3 Å². The molecule has 4 rings (SSSR count). The molecule has 2 aromatic rings. The summed E-state index contributed by atoms with van der Waals surface area (Å²) < 4.78 is 1.23. The maximum atomic E-state index is 12.9. The summed E-state index contributed by atoms with van der Waals surface area (Å²) in [5.74, 6) is 1.15. The Bertz CT molecular complexity index is 695. The van der Waals surface area contributed by atoms with Gasteiger partial charge >= 0.3 is 0 Å². The van der Waals surface area contributed by atoms with Crippen molar-refractivity contribution in [3.63, 3.8) is 0 Å². The molecular formula is C19H25N3OS. The van der Waals surface area contributed by atoms with Crippen molar-refractivity contribution in [1.29, 1.82) is 0 Å². The third kappa shape index (κ3) is 3.14. The summed E-state index contributed by atoms with van der Waals surface area (Å²) in [6.45, 7) is 5.98. The summed E-state index contributed by atoms with van der Waals surface area (Å²) in [4.78, 5) is 22.1. The number of benzene rings is 1. The summed E-state index contributed by atoms with van der Waals surface area (Å²) >= 11 is 1.74. The zero-order chi connectivity index (χ0) is 16.5. The summed E-state index contributed by atoms with van der Waals surface area (Å²) in [6.07, 6.45) is 4.51. The van der Waals surface area contributed by atoms with Crippen molar-refractivity contribution in [3.8, 4) is 0 Å². The Morgan fingerprint density at radius 2 is 2.00 bits per heavy atom. The standard InChI is InChI=1S/C19H25N3OS/c1-14-6-4-10-21(12-14)18(23)15-7-5-11-22(13-15)19-20-16-8-2-3-9-17(16)24-19/h2-3,8-9,14-15H,4-7,10-13H2,1H3. The number of rotatable bonds is 2. The second kappa shape index (κ2) is 6.71. The summed E-state index contributed by atoms with van der Waals surface area (Å²) in [7, 11) is 0. The van der Waals surface area contributed by atoms with E-state index in [1.807, 2.05) is 6.07 Å². The van der Waals surface area contributed by atoms with Crippen LogP contribution in [0.5, 0.6) is 0 Å². The molecule has 3 heterocycles. The van der Waals surface area contributed by atoms with Gasteiger partial charge in [-0.05, 0) is 43.7 Å². The van der Waals surface area contributed by atoms with Gasteiger partial charge in [-0.1, -0.05) is 30.4 Å². The SMILES string of the molecule is CC1CCCN(C(=O)C2CCCN(c3nc4ccccc4s3)C2)C1. The average Bonchev–Trinajstić information content (AvgIpc) is 3.05. The van der Waals surface area contributed by atoms with E-state index in [1.54, 1.807) is 11.3 Å². The van der Waals surface area contributed by atoms with Crippen LogP contribution >= 0.6 is 11.3 Å². The molecule has 2 fully saturated rings. The van der Waals surface area contributed by atoms with Crippen molar-refractivity contribution in [1.82, 2.24) is 9.88 Å². The van der Waals surface area contributed by atoms with Crippen molar-refractivity contribution < 1.29 is 4.79 Å². The molecule has 128 valence electrons. The van der Waals surface area contributed by atoms with Crippen LogP contribution in [0.2, 0.25) is 0 Å². The molecule has 0 bridgehead atoms. The number of fused-ring (bicyclic) bond motifs is 1. The van der Waals surface area contributed by atoms with Gasteiger partial charge in [0.25, 0.3) is 0 Å². The van der Waals surface area contributed by atoms with E-state index in [-0.39, 0.29) is 5.92 Å². The number of hydrogen-bond acceptors (Lipinski definition) is 4. The molecule has 2 saturated heterocycles. The Kier molecular flexibility index (Phi) is 4.44. The van der Waals surface area contributed by atoms with Gasteiger partial charge in [0, 0.05) is 26.2 Å². The van der Waals surface area contributed by atoms with Crippen LogP contribution in [0.25, 0.3) is 10.2 Å². The number of carbonyl (C=O) groups is 1. The van der Waals surface area contributed by atoms with Gasteiger partial charge in [-0.2, -0.15) is 0 Å². The van der Waals surface area contributed by atoms with Crippen LogP contribution in [0.4, 0.5) is 5.13 Å². The fraction of sp³-hybridized carbons (Fsp3) is 0.579. The van der Waals surface area contributed by atoms with E-state index in [0.717, 1.165) is 56.1 Å². The van der Waals surface area contributed by atoms with Gasteiger partial charge < -0.3 is 9.80 Å². The maximum Gasteiger partial charge on any atom is 0.227 e. The highest BCUT2D eigenvalue weighted by Gasteiger charge is 2.32. The zero-order valence-electron chi connectivity index (χ0n) is 14.3. The van der Waals surface area contributed by atoms with Gasteiger partial charge in [-0.25, -0.2) is 4.98 Å². The van der Waals surface area contributed by atoms with E-state index >= 15 is 0 Å². The van der Waals surface area contributed by atoms with Gasteiger partial charge in [0.2, 0.25) is 5.91 Å². The van der Waals surface area contributed by atoms with Crippen LogP contribution in [0, 0.1) is 11.8 Å². The number of amides is 1. The highest BCUT2D eigenvalue weighted by molar-refractivity contribution is 7.22. The van der Waals surface area contributed by atoms with Crippen LogP contribution in [-0.4, -0.2) is 42.0 Å². The summed E-state index contributed by atoms with van der Waals surface area (Å²) in [6, 6.07) is 8.28. The van der Waals surface area contributed by atoms with E-state index in [2.05, 4.69) is 34.9 Å². The first-order valence-electron chi connectivity index (χ1n) is 9.10. The molecule has 2 aliphatic heterocycles. The van der Waals surface area contributed by atoms with Crippen molar-refractivity contribution in [3.05, 3.63) is 24.3 Å². The molecule has 0 spiro atoms. The minimum atomic E-state index is 0.135. The molecule has 0 N–H and O–H groups in total. The van der Waals surface area contributed by atoms with Crippen LogP contribution in [0.3, 0.4) is 0 Å². The van der Waals surface area contributed by atoms with Crippen LogP contribution < -0.4 is 4.90 Å². The van der Waals surface area contributed by atoms with Crippen molar-refractivity contribution >= 4 is 32.6 Å². The minimum absolute atomic E-state index is 0.135. The number of para-hydroxylation sites is 1. The lowest BCUT2D eigenvalue weighted by molar-refractivity contribution is -0.137. The minimum Gasteiger partial charge on any atom is -0.347 e. The molecule has 2 atom stereocenters. The number of piperidine rings is 2. The molecule has 24 heavy (non-hydrogen) atoms. The number of likely N-dealkylation sites (tertiary alicyclic amines) is 1. The average molecular weight is 343 g/mol. The fourth-order valence-corrected chi connectivity index (χ4v) is 5.00. The van der Waals surface area contributed by atoms with Gasteiger partial charge in [-0.15, -0.1) is 0 Å². The lowest BCUT2D eigenvalue weighted by Crippen LogP contribution is -2.47. The molecule has 1 aromatic heterocycles. The maximum absolute atomic E-state index is 12.9. The molecule has 4 nitrogen and oxygen atoms in total. The molecule has 0 aliphatic carbocycles. The highest BCUT2D eigenvalue weighted by Crippen LogP contribution is 2.32. The smallest absolute Gasteiger partial charge is 0.227 e. The van der Waals surface area contributed by atoms with E-state index in [4.69, 9.17) is 4.98 Å². The van der Waals surface area contributed by atoms with E-state index in [9.17, 15) is 4.79 Å². The molecule has 2 unspecified atom stereocenters. The topological polar surface area (TPSA) is 36.4 Å². The largest absolute Gasteiger partial charge is 0.347 e. The van der Waals surface area contributed by atoms with Gasteiger partial charge in [0.05, 0.1) is 16.1 Å². The summed E-state index contributed by atoms with van der Waals surface area (Å²) in [5, 5.41) is 1.07. The predicted octanol–water partition coefficient (Wildman–Crippen LogP) is 3.77. The lowest BCUT2D eigenvalue weighted by atomic mass is 9.94. The molecule has 2 aliphatic rings.